The van der Waals surface area contributed by atoms with E-state index in [2.05, 4.69) is 51.7 Å². The lowest BCUT2D eigenvalue weighted by atomic mass is 10.0. The molecule has 2 aliphatic rings. The molecule has 28 heavy (non-hydrogen) atoms. The molecular formula is C23H38N4O. The second kappa shape index (κ2) is 10.8. The Bertz CT molecular complexity index is 604. The minimum Gasteiger partial charge on any atom is -0.382 e. The van der Waals surface area contributed by atoms with E-state index >= 15 is 0 Å². The highest BCUT2D eigenvalue weighted by molar-refractivity contribution is 5.79. The van der Waals surface area contributed by atoms with E-state index in [4.69, 9.17) is 4.74 Å². The number of ether oxygens (including phenoxy) is 1. The summed E-state index contributed by atoms with van der Waals surface area (Å²) >= 11 is 0. The number of piperidine rings is 1. The second-order valence-electron chi connectivity index (χ2n) is 8.38. The topological polar surface area (TPSA) is 48.9 Å². The fourth-order valence-corrected chi connectivity index (χ4v) is 3.94. The summed E-state index contributed by atoms with van der Waals surface area (Å²) < 4.78 is 5.53. The third-order valence-electron chi connectivity index (χ3n) is 6.13. The number of aliphatic imine (C=N–C) groups is 1. The van der Waals surface area contributed by atoms with Crippen molar-refractivity contribution in [2.45, 2.75) is 58.5 Å². The van der Waals surface area contributed by atoms with Crippen molar-refractivity contribution >= 4 is 5.96 Å². The first-order chi connectivity index (χ1) is 13.7. The highest BCUT2D eigenvalue weighted by atomic mass is 16.5. The molecule has 2 N–H and O–H groups in total. The summed E-state index contributed by atoms with van der Waals surface area (Å²) in [5, 5.41) is 6.96. The van der Waals surface area contributed by atoms with Gasteiger partial charge in [0.05, 0.1) is 0 Å². The molecule has 0 aromatic heterocycles. The summed E-state index contributed by atoms with van der Waals surface area (Å²) in [5.74, 6) is 0.889. The first kappa shape index (κ1) is 21.1. The molecular weight excluding hydrogens is 348 g/mol. The van der Waals surface area contributed by atoms with Crippen molar-refractivity contribution < 1.29 is 4.74 Å². The van der Waals surface area contributed by atoms with Crippen LogP contribution >= 0.6 is 0 Å². The minimum atomic E-state index is 0.420. The Kier molecular flexibility index (Phi) is 8.16. The first-order valence-electron chi connectivity index (χ1n) is 11.1. The Hall–Kier alpha value is -1.59. The predicted molar refractivity (Wildman–Crippen MR) is 117 cm³/mol. The largest absolute Gasteiger partial charge is 0.382 e. The van der Waals surface area contributed by atoms with Crippen LogP contribution in [0.5, 0.6) is 0 Å². The Morgan fingerprint density at radius 2 is 1.79 bits per heavy atom. The zero-order valence-electron chi connectivity index (χ0n) is 17.8. The van der Waals surface area contributed by atoms with Crippen LogP contribution in [0.4, 0.5) is 0 Å². The van der Waals surface area contributed by atoms with Crippen LogP contribution in [0.25, 0.3) is 0 Å². The van der Waals surface area contributed by atoms with Gasteiger partial charge < -0.3 is 15.4 Å². The second-order valence-corrected chi connectivity index (χ2v) is 8.38. The lowest BCUT2D eigenvalue weighted by molar-refractivity contribution is 0.128. The Balaban J connectivity index is 1.38. The van der Waals surface area contributed by atoms with Gasteiger partial charge in [-0.15, -0.1) is 0 Å². The lowest BCUT2D eigenvalue weighted by Gasteiger charge is -2.26. The fraction of sp³-hybridized carbons (Fsp3) is 0.696. The highest BCUT2D eigenvalue weighted by Gasteiger charge is 2.41. The van der Waals surface area contributed by atoms with Crippen molar-refractivity contribution in [3.8, 4) is 0 Å². The molecule has 5 nitrogen and oxygen atoms in total. The van der Waals surface area contributed by atoms with Crippen LogP contribution in [0.15, 0.2) is 29.3 Å². The van der Waals surface area contributed by atoms with Crippen LogP contribution in [-0.2, 0) is 17.8 Å². The molecule has 0 unspecified atom stereocenters. The van der Waals surface area contributed by atoms with E-state index in [-0.39, 0.29) is 0 Å². The van der Waals surface area contributed by atoms with Gasteiger partial charge in [0.2, 0.25) is 0 Å². The van der Waals surface area contributed by atoms with Gasteiger partial charge in [0.25, 0.3) is 0 Å². The molecule has 1 aromatic rings. The van der Waals surface area contributed by atoms with Gasteiger partial charge in [-0.05, 0) is 68.7 Å². The molecule has 0 atom stereocenters. The van der Waals surface area contributed by atoms with E-state index in [9.17, 15) is 0 Å². The predicted octanol–water partition coefficient (Wildman–Crippen LogP) is 3.54. The number of hydrogen-bond acceptors (Lipinski definition) is 3. The lowest BCUT2D eigenvalue weighted by Crippen LogP contribution is -2.40. The number of nitrogens with one attached hydrogen (secondary N) is 2. The monoisotopic (exact) mass is 386 g/mol. The third-order valence-corrected chi connectivity index (χ3v) is 6.13. The zero-order chi connectivity index (χ0) is 19.7. The van der Waals surface area contributed by atoms with E-state index in [1.807, 2.05) is 7.05 Å². The van der Waals surface area contributed by atoms with Crippen molar-refractivity contribution in [2.75, 3.05) is 39.9 Å². The number of nitrogens with zero attached hydrogens (tertiary/aromatic N) is 2. The molecule has 1 heterocycles. The molecule has 3 rings (SSSR count). The molecule has 1 aromatic carbocycles. The van der Waals surface area contributed by atoms with Gasteiger partial charge in [-0.2, -0.15) is 0 Å². The van der Waals surface area contributed by atoms with E-state index < -0.39 is 0 Å². The van der Waals surface area contributed by atoms with Crippen LogP contribution in [0.1, 0.15) is 56.6 Å². The fourth-order valence-electron chi connectivity index (χ4n) is 3.94. The minimum absolute atomic E-state index is 0.420. The number of likely N-dealkylation sites (tertiary alicyclic amines) is 1. The van der Waals surface area contributed by atoms with Gasteiger partial charge in [0, 0.05) is 39.9 Å². The van der Waals surface area contributed by atoms with Gasteiger partial charge in [0.15, 0.2) is 5.96 Å². The van der Waals surface area contributed by atoms with Crippen LogP contribution in [-0.4, -0.2) is 50.8 Å². The Labute approximate surface area is 170 Å². The van der Waals surface area contributed by atoms with Crippen molar-refractivity contribution in [1.82, 2.24) is 15.5 Å². The molecule has 0 spiro atoms. The maximum absolute atomic E-state index is 5.53. The smallest absolute Gasteiger partial charge is 0.191 e. The summed E-state index contributed by atoms with van der Waals surface area (Å²) in [7, 11) is 1.84. The van der Waals surface area contributed by atoms with Crippen molar-refractivity contribution in [1.29, 1.82) is 0 Å². The zero-order valence-corrected chi connectivity index (χ0v) is 17.8. The standard InChI is InChI=1S/C23H38N4O/c1-3-28-16-13-23(11-12-23)19-26-22(24-2)25-17-20-7-9-21(10-8-20)18-27-14-5-4-6-15-27/h7-10H,3-6,11-19H2,1-2H3,(H2,24,25,26). The molecule has 1 aliphatic carbocycles. The summed E-state index contributed by atoms with van der Waals surface area (Å²) in [6.07, 6.45) is 7.82. The quantitative estimate of drug-likeness (QED) is 0.367. The maximum atomic E-state index is 5.53. The third kappa shape index (κ3) is 6.78. The summed E-state index contributed by atoms with van der Waals surface area (Å²) in [4.78, 5) is 6.95. The van der Waals surface area contributed by atoms with Gasteiger partial charge in [0.1, 0.15) is 0 Å². The van der Waals surface area contributed by atoms with Crippen molar-refractivity contribution in [3.63, 3.8) is 0 Å². The number of hydrogen-bond donors (Lipinski definition) is 2. The van der Waals surface area contributed by atoms with E-state index in [1.165, 1.54) is 56.3 Å². The van der Waals surface area contributed by atoms with Crippen LogP contribution in [0.3, 0.4) is 0 Å². The van der Waals surface area contributed by atoms with Crippen LogP contribution in [0, 0.1) is 5.41 Å². The van der Waals surface area contributed by atoms with Crippen molar-refractivity contribution in [2.24, 2.45) is 10.4 Å². The molecule has 0 radical (unpaired) electrons. The van der Waals surface area contributed by atoms with E-state index in [0.717, 1.165) is 45.2 Å². The average Bonchev–Trinajstić information content (AvgIpc) is 3.50. The van der Waals surface area contributed by atoms with E-state index in [0.29, 0.717) is 5.41 Å². The number of rotatable bonds is 10. The van der Waals surface area contributed by atoms with Gasteiger partial charge in [-0.3, -0.25) is 9.89 Å². The van der Waals surface area contributed by atoms with E-state index in [1.54, 1.807) is 0 Å². The van der Waals surface area contributed by atoms with Gasteiger partial charge in [-0.1, -0.05) is 30.7 Å². The molecule has 2 fully saturated rings. The summed E-state index contributed by atoms with van der Waals surface area (Å²) in [6, 6.07) is 9.03. The molecule has 1 aliphatic heterocycles. The van der Waals surface area contributed by atoms with Crippen molar-refractivity contribution in [3.05, 3.63) is 35.4 Å². The molecule has 1 saturated carbocycles. The molecule has 156 valence electrons. The Morgan fingerprint density at radius 1 is 1.07 bits per heavy atom. The maximum Gasteiger partial charge on any atom is 0.191 e. The van der Waals surface area contributed by atoms with Gasteiger partial charge >= 0.3 is 0 Å². The average molecular weight is 387 g/mol. The van der Waals surface area contributed by atoms with Crippen LogP contribution < -0.4 is 10.6 Å². The molecule has 1 saturated heterocycles. The normalized spacial score (nSPS) is 19.4. The molecule has 0 amide bonds. The first-order valence-corrected chi connectivity index (χ1v) is 11.1. The SMILES string of the molecule is CCOCCC1(CNC(=NC)NCc2ccc(CN3CCCCC3)cc2)CC1. The summed E-state index contributed by atoms with van der Waals surface area (Å²) in [5.41, 5.74) is 3.13. The number of benzene rings is 1. The van der Waals surface area contributed by atoms with Crippen LogP contribution in [0.2, 0.25) is 0 Å². The molecule has 0 bridgehead atoms. The number of guanidine groups is 1. The summed E-state index contributed by atoms with van der Waals surface area (Å²) in [6.45, 7) is 9.10. The Morgan fingerprint density at radius 3 is 2.43 bits per heavy atom. The molecule has 5 heteroatoms. The highest BCUT2D eigenvalue weighted by Crippen LogP contribution is 2.48. The van der Waals surface area contributed by atoms with Gasteiger partial charge in [-0.25, -0.2) is 0 Å².